The number of hydrogen-bond donors (Lipinski definition) is 2. The van der Waals surface area contributed by atoms with Gasteiger partial charge in [0.25, 0.3) is 0 Å². The van der Waals surface area contributed by atoms with Crippen LogP contribution >= 0.6 is 11.3 Å². The van der Waals surface area contributed by atoms with Gasteiger partial charge in [-0.3, -0.25) is 4.79 Å². The SMILES string of the molecule is Cc1cccc(CCNCc2ccc(CC(=O)O)s2)c1. The zero-order valence-electron chi connectivity index (χ0n) is 11.6. The molecule has 2 aromatic rings. The maximum atomic E-state index is 10.6. The summed E-state index contributed by atoms with van der Waals surface area (Å²) in [6.07, 6.45) is 1.13. The maximum Gasteiger partial charge on any atom is 0.308 e. The lowest BCUT2D eigenvalue weighted by atomic mass is 10.1. The first-order chi connectivity index (χ1) is 9.63. The normalized spacial score (nSPS) is 10.7. The van der Waals surface area contributed by atoms with Crippen LogP contribution in [0.3, 0.4) is 0 Å². The minimum absolute atomic E-state index is 0.119. The van der Waals surface area contributed by atoms with Crippen molar-refractivity contribution in [1.82, 2.24) is 5.32 Å². The molecule has 0 aliphatic rings. The third-order valence-electron chi connectivity index (χ3n) is 3.01. The van der Waals surface area contributed by atoms with Gasteiger partial charge in [0.15, 0.2) is 0 Å². The summed E-state index contributed by atoms with van der Waals surface area (Å²) in [4.78, 5) is 12.7. The van der Waals surface area contributed by atoms with Gasteiger partial charge in [0.05, 0.1) is 6.42 Å². The van der Waals surface area contributed by atoms with Crippen molar-refractivity contribution in [3.63, 3.8) is 0 Å². The van der Waals surface area contributed by atoms with Gasteiger partial charge in [0.1, 0.15) is 0 Å². The molecule has 2 N–H and O–H groups in total. The highest BCUT2D eigenvalue weighted by Crippen LogP contribution is 2.16. The molecular weight excluding hydrogens is 270 g/mol. The van der Waals surface area contributed by atoms with Gasteiger partial charge in [-0.25, -0.2) is 0 Å². The van der Waals surface area contributed by atoms with Crippen LogP contribution in [0.2, 0.25) is 0 Å². The minimum Gasteiger partial charge on any atom is -0.481 e. The molecule has 0 spiro atoms. The van der Waals surface area contributed by atoms with Crippen molar-refractivity contribution in [1.29, 1.82) is 0 Å². The first kappa shape index (κ1) is 14.8. The molecule has 1 aromatic carbocycles. The second-order valence-corrected chi connectivity index (χ2v) is 6.11. The quantitative estimate of drug-likeness (QED) is 0.770. The Morgan fingerprint density at radius 3 is 2.80 bits per heavy atom. The molecule has 0 bridgehead atoms. The Kier molecular flexibility index (Phi) is 5.32. The van der Waals surface area contributed by atoms with Gasteiger partial charge in [-0.1, -0.05) is 29.8 Å². The van der Waals surface area contributed by atoms with Crippen molar-refractivity contribution >= 4 is 17.3 Å². The van der Waals surface area contributed by atoms with Crippen molar-refractivity contribution in [3.05, 3.63) is 57.3 Å². The molecule has 0 radical (unpaired) electrons. The second-order valence-electron chi connectivity index (χ2n) is 4.85. The summed E-state index contributed by atoms with van der Waals surface area (Å²) in [6, 6.07) is 12.4. The third kappa shape index (κ3) is 4.79. The van der Waals surface area contributed by atoms with Crippen LogP contribution in [-0.2, 0) is 24.2 Å². The zero-order chi connectivity index (χ0) is 14.4. The Balaban J connectivity index is 1.73. The first-order valence-electron chi connectivity index (χ1n) is 6.69. The molecule has 1 aromatic heterocycles. The number of aryl methyl sites for hydroxylation is 1. The molecule has 4 heteroatoms. The predicted molar refractivity (Wildman–Crippen MR) is 82.2 cm³/mol. The van der Waals surface area contributed by atoms with Gasteiger partial charge < -0.3 is 10.4 Å². The van der Waals surface area contributed by atoms with Gasteiger partial charge in [-0.05, 0) is 37.6 Å². The number of carboxylic acids is 1. The van der Waals surface area contributed by atoms with E-state index in [1.807, 2.05) is 12.1 Å². The number of carbonyl (C=O) groups is 1. The summed E-state index contributed by atoms with van der Waals surface area (Å²) in [5, 5.41) is 12.1. The molecule has 0 aliphatic carbocycles. The fourth-order valence-corrected chi connectivity index (χ4v) is 3.05. The molecule has 0 amide bonds. The summed E-state index contributed by atoms with van der Waals surface area (Å²) in [7, 11) is 0. The van der Waals surface area contributed by atoms with Crippen LogP contribution < -0.4 is 5.32 Å². The lowest BCUT2D eigenvalue weighted by molar-refractivity contribution is -0.136. The van der Waals surface area contributed by atoms with Crippen LogP contribution in [0.15, 0.2) is 36.4 Å². The smallest absolute Gasteiger partial charge is 0.308 e. The molecule has 0 saturated heterocycles. The van der Waals surface area contributed by atoms with Gasteiger partial charge in [0.2, 0.25) is 0 Å². The molecule has 106 valence electrons. The maximum absolute atomic E-state index is 10.6. The van der Waals surface area contributed by atoms with Crippen molar-refractivity contribution in [2.75, 3.05) is 6.54 Å². The fourth-order valence-electron chi connectivity index (χ4n) is 2.07. The van der Waals surface area contributed by atoms with E-state index in [1.165, 1.54) is 16.0 Å². The Morgan fingerprint density at radius 2 is 2.05 bits per heavy atom. The van der Waals surface area contributed by atoms with Crippen molar-refractivity contribution < 1.29 is 9.90 Å². The lowest BCUT2D eigenvalue weighted by Crippen LogP contribution is -2.15. The van der Waals surface area contributed by atoms with E-state index in [-0.39, 0.29) is 6.42 Å². The minimum atomic E-state index is -0.772. The fraction of sp³-hybridized carbons (Fsp3) is 0.312. The van der Waals surface area contributed by atoms with E-state index < -0.39 is 5.97 Å². The van der Waals surface area contributed by atoms with Crippen molar-refractivity contribution in [2.24, 2.45) is 0 Å². The highest BCUT2D eigenvalue weighted by atomic mass is 32.1. The van der Waals surface area contributed by atoms with E-state index in [0.29, 0.717) is 0 Å². The van der Waals surface area contributed by atoms with Crippen LogP contribution in [-0.4, -0.2) is 17.6 Å². The molecule has 2 rings (SSSR count). The van der Waals surface area contributed by atoms with Gasteiger partial charge >= 0.3 is 5.97 Å². The highest BCUT2D eigenvalue weighted by molar-refractivity contribution is 7.12. The van der Waals surface area contributed by atoms with Gasteiger partial charge in [-0.2, -0.15) is 0 Å². The molecule has 0 atom stereocenters. The molecule has 0 aliphatic heterocycles. The number of aliphatic carboxylic acids is 1. The van der Waals surface area contributed by atoms with Crippen LogP contribution in [0, 0.1) is 6.92 Å². The van der Waals surface area contributed by atoms with E-state index in [0.717, 1.165) is 24.4 Å². The number of thiophene rings is 1. The number of benzene rings is 1. The van der Waals surface area contributed by atoms with Crippen LogP contribution in [0.4, 0.5) is 0 Å². The zero-order valence-corrected chi connectivity index (χ0v) is 12.4. The molecule has 0 fully saturated rings. The largest absolute Gasteiger partial charge is 0.481 e. The second kappa shape index (κ2) is 7.22. The number of rotatable bonds is 7. The Labute approximate surface area is 123 Å². The van der Waals surface area contributed by atoms with E-state index >= 15 is 0 Å². The molecule has 20 heavy (non-hydrogen) atoms. The molecule has 3 nitrogen and oxygen atoms in total. The average Bonchev–Trinajstić information content (AvgIpc) is 2.81. The van der Waals surface area contributed by atoms with Crippen LogP contribution in [0.5, 0.6) is 0 Å². The van der Waals surface area contributed by atoms with Crippen LogP contribution in [0.1, 0.15) is 20.9 Å². The predicted octanol–water partition coefficient (Wildman–Crippen LogP) is 3.02. The number of nitrogens with one attached hydrogen (secondary N) is 1. The average molecular weight is 289 g/mol. The molecular formula is C16H19NO2S. The number of hydrogen-bond acceptors (Lipinski definition) is 3. The summed E-state index contributed by atoms with van der Waals surface area (Å²) >= 11 is 1.57. The monoisotopic (exact) mass is 289 g/mol. The first-order valence-corrected chi connectivity index (χ1v) is 7.51. The van der Waals surface area contributed by atoms with E-state index in [4.69, 9.17) is 5.11 Å². The Hall–Kier alpha value is -1.65. The number of carboxylic acid groups (broad SMARTS) is 1. The van der Waals surface area contributed by atoms with Crippen molar-refractivity contribution in [2.45, 2.75) is 26.3 Å². The third-order valence-corrected chi connectivity index (χ3v) is 4.10. The van der Waals surface area contributed by atoms with Crippen molar-refractivity contribution in [3.8, 4) is 0 Å². The summed E-state index contributed by atoms with van der Waals surface area (Å²) in [6.45, 7) is 3.83. The lowest BCUT2D eigenvalue weighted by Gasteiger charge is -2.04. The molecule has 0 unspecified atom stereocenters. The van der Waals surface area contributed by atoms with E-state index in [1.54, 1.807) is 11.3 Å². The topological polar surface area (TPSA) is 49.3 Å². The summed E-state index contributed by atoms with van der Waals surface area (Å²) in [5.74, 6) is -0.772. The standard InChI is InChI=1S/C16H19NO2S/c1-12-3-2-4-13(9-12)7-8-17-11-15-6-5-14(20-15)10-16(18)19/h2-6,9,17H,7-8,10-11H2,1H3,(H,18,19). The van der Waals surface area contributed by atoms with Gasteiger partial charge in [-0.15, -0.1) is 11.3 Å². The molecule has 1 heterocycles. The Morgan fingerprint density at radius 1 is 1.25 bits per heavy atom. The highest BCUT2D eigenvalue weighted by Gasteiger charge is 2.04. The van der Waals surface area contributed by atoms with E-state index in [2.05, 4.69) is 36.5 Å². The van der Waals surface area contributed by atoms with Gasteiger partial charge in [0, 0.05) is 16.3 Å². The Bertz CT molecular complexity index is 577. The molecule has 0 saturated carbocycles. The summed E-state index contributed by atoms with van der Waals surface area (Å²) < 4.78 is 0. The summed E-state index contributed by atoms with van der Waals surface area (Å²) in [5.41, 5.74) is 2.63. The van der Waals surface area contributed by atoms with E-state index in [9.17, 15) is 4.79 Å². The van der Waals surface area contributed by atoms with Crippen LogP contribution in [0.25, 0.3) is 0 Å².